The number of anilines is 2. The topological polar surface area (TPSA) is 67.2 Å². The third-order valence-electron chi connectivity index (χ3n) is 5.73. The molecule has 3 unspecified atom stereocenters. The number of primary amides is 1. The summed E-state index contributed by atoms with van der Waals surface area (Å²) in [6.07, 6.45) is 4.02. The van der Waals surface area contributed by atoms with E-state index in [-0.39, 0.29) is 0 Å². The summed E-state index contributed by atoms with van der Waals surface area (Å²) in [6, 6.07) is 7.76. The van der Waals surface area contributed by atoms with Crippen LogP contribution in [0.5, 0.6) is 0 Å². The molecule has 114 valence electrons. The van der Waals surface area contributed by atoms with Crippen molar-refractivity contribution in [1.29, 1.82) is 0 Å². The van der Waals surface area contributed by atoms with Gasteiger partial charge in [0.25, 0.3) is 0 Å². The van der Waals surface area contributed by atoms with Gasteiger partial charge in [-0.05, 0) is 60.3 Å². The van der Waals surface area contributed by atoms with E-state index in [0.29, 0.717) is 16.9 Å². The van der Waals surface area contributed by atoms with Crippen molar-refractivity contribution in [1.82, 2.24) is 0 Å². The van der Waals surface area contributed by atoms with Gasteiger partial charge in [-0.2, -0.15) is 0 Å². The van der Waals surface area contributed by atoms with E-state index in [0.717, 1.165) is 17.3 Å². The molecular weight excluding hydrogens is 262 g/mol. The Morgan fingerprint density at radius 3 is 2.33 bits per heavy atom. The molecule has 0 heterocycles. The first-order valence-corrected chi connectivity index (χ1v) is 7.74. The second-order valence-corrected chi connectivity index (χ2v) is 7.56. The monoisotopic (exact) mass is 287 g/mol. The van der Waals surface area contributed by atoms with Gasteiger partial charge >= 0.3 is 6.03 Å². The van der Waals surface area contributed by atoms with Crippen molar-refractivity contribution in [3.8, 4) is 0 Å². The van der Waals surface area contributed by atoms with Crippen molar-refractivity contribution in [2.75, 3.05) is 10.6 Å². The molecule has 2 bridgehead atoms. The average Bonchev–Trinajstić information content (AvgIpc) is 2.87. The minimum absolute atomic E-state index is 0.331. The van der Waals surface area contributed by atoms with Crippen molar-refractivity contribution in [2.24, 2.45) is 22.5 Å². The summed E-state index contributed by atoms with van der Waals surface area (Å²) in [5.41, 5.74) is 7.69. The number of hydrogen-bond acceptors (Lipinski definition) is 2. The number of benzene rings is 1. The van der Waals surface area contributed by atoms with Crippen LogP contribution in [0.3, 0.4) is 0 Å². The van der Waals surface area contributed by atoms with E-state index >= 15 is 0 Å². The fourth-order valence-electron chi connectivity index (χ4n) is 4.62. The zero-order chi connectivity index (χ0) is 15.3. The molecule has 1 aromatic carbocycles. The van der Waals surface area contributed by atoms with Crippen LogP contribution in [0, 0.1) is 16.7 Å². The molecule has 0 radical (unpaired) electrons. The summed E-state index contributed by atoms with van der Waals surface area (Å²) in [7, 11) is 0. The van der Waals surface area contributed by atoms with Gasteiger partial charge in [0.2, 0.25) is 0 Å². The van der Waals surface area contributed by atoms with Crippen LogP contribution in [0.2, 0.25) is 0 Å². The Labute approximate surface area is 126 Å². The summed E-state index contributed by atoms with van der Waals surface area (Å²) in [4.78, 5) is 10.8. The van der Waals surface area contributed by atoms with Crippen LogP contribution in [0.15, 0.2) is 24.3 Å². The van der Waals surface area contributed by atoms with E-state index in [4.69, 9.17) is 5.73 Å². The molecule has 0 saturated heterocycles. The quantitative estimate of drug-likeness (QED) is 0.791. The average molecular weight is 287 g/mol. The molecule has 21 heavy (non-hydrogen) atoms. The van der Waals surface area contributed by atoms with Gasteiger partial charge in [0.1, 0.15) is 0 Å². The van der Waals surface area contributed by atoms with E-state index in [1.54, 1.807) is 0 Å². The van der Waals surface area contributed by atoms with E-state index in [9.17, 15) is 4.79 Å². The fourth-order valence-corrected chi connectivity index (χ4v) is 4.62. The summed E-state index contributed by atoms with van der Waals surface area (Å²) in [6.45, 7) is 7.20. The van der Waals surface area contributed by atoms with Crippen LogP contribution >= 0.6 is 0 Å². The van der Waals surface area contributed by atoms with Crippen LogP contribution in [0.1, 0.15) is 40.0 Å². The van der Waals surface area contributed by atoms with Gasteiger partial charge < -0.3 is 16.4 Å². The van der Waals surface area contributed by atoms with Crippen molar-refractivity contribution >= 4 is 17.4 Å². The number of nitrogens with one attached hydrogen (secondary N) is 2. The van der Waals surface area contributed by atoms with Crippen LogP contribution < -0.4 is 16.4 Å². The largest absolute Gasteiger partial charge is 0.381 e. The molecule has 4 nitrogen and oxygen atoms in total. The zero-order valence-corrected chi connectivity index (χ0v) is 13.1. The maximum atomic E-state index is 10.8. The molecule has 4 heteroatoms. The third-order valence-corrected chi connectivity index (χ3v) is 5.73. The zero-order valence-electron chi connectivity index (χ0n) is 13.1. The Balaban J connectivity index is 1.76. The summed E-state index contributed by atoms with van der Waals surface area (Å²) < 4.78 is 0. The molecule has 2 fully saturated rings. The predicted molar refractivity (Wildman–Crippen MR) is 86.3 cm³/mol. The molecule has 4 N–H and O–H groups in total. The Bertz CT molecular complexity index is 547. The van der Waals surface area contributed by atoms with Crippen molar-refractivity contribution in [3.63, 3.8) is 0 Å². The maximum Gasteiger partial charge on any atom is 0.316 e. The first kappa shape index (κ1) is 14.2. The highest BCUT2D eigenvalue weighted by atomic mass is 16.2. The molecule has 2 amide bonds. The summed E-state index contributed by atoms with van der Waals surface area (Å²) >= 11 is 0. The van der Waals surface area contributed by atoms with Gasteiger partial charge in [0.05, 0.1) is 0 Å². The van der Waals surface area contributed by atoms with E-state index in [1.807, 2.05) is 24.3 Å². The minimum Gasteiger partial charge on any atom is -0.381 e. The number of hydrogen-bond donors (Lipinski definition) is 3. The molecule has 2 aliphatic rings. The molecule has 3 atom stereocenters. The molecule has 0 aromatic heterocycles. The SMILES string of the molecule is CC12CCC(C1)C(C)(C)C2Nc1ccc(NC(N)=O)cc1. The second kappa shape index (κ2) is 4.65. The van der Waals surface area contributed by atoms with Gasteiger partial charge in [-0.1, -0.05) is 20.8 Å². The number of nitrogens with two attached hydrogens (primary N) is 1. The van der Waals surface area contributed by atoms with Gasteiger partial charge in [-0.3, -0.25) is 0 Å². The van der Waals surface area contributed by atoms with Gasteiger partial charge in [-0.25, -0.2) is 4.79 Å². The normalized spacial score (nSPS) is 32.9. The Kier molecular flexibility index (Phi) is 3.15. The number of urea groups is 1. The van der Waals surface area contributed by atoms with E-state index < -0.39 is 6.03 Å². The smallest absolute Gasteiger partial charge is 0.316 e. The number of carbonyl (C=O) groups excluding carboxylic acids is 1. The number of rotatable bonds is 3. The summed E-state index contributed by atoms with van der Waals surface area (Å²) in [5, 5.41) is 6.33. The molecule has 0 spiro atoms. The van der Waals surface area contributed by atoms with Crippen molar-refractivity contribution in [2.45, 2.75) is 46.1 Å². The lowest BCUT2D eigenvalue weighted by atomic mass is 9.68. The number of amides is 2. The molecule has 3 rings (SSSR count). The lowest BCUT2D eigenvalue weighted by molar-refractivity contribution is 0.155. The maximum absolute atomic E-state index is 10.8. The lowest BCUT2D eigenvalue weighted by Crippen LogP contribution is -2.45. The fraction of sp³-hybridized carbons (Fsp3) is 0.588. The third kappa shape index (κ3) is 2.37. The Morgan fingerprint density at radius 2 is 1.81 bits per heavy atom. The number of fused-ring (bicyclic) bond motifs is 2. The van der Waals surface area contributed by atoms with Crippen LogP contribution in [-0.2, 0) is 0 Å². The van der Waals surface area contributed by atoms with Gasteiger partial charge in [-0.15, -0.1) is 0 Å². The van der Waals surface area contributed by atoms with Gasteiger partial charge in [0.15, 0.2) is 0 Å². The molecule has 0 aliphatic heterocycles. The minimum atomic E-state index is -0.530. The van der Waals surface area contributed by atoms with Crippen LogP contribution in [-0.4, -0.2) is 12.1 Å². The van der Waals surface area contributed by atoms with E-state index in [2.05, 4.69) is 31.4 Å². The summed E-state index contributed by atoms with van der Waals surface area (Å²) in [5.74, 6) is 0.829. The standard InChI is InChI=1S/C17H25N3O/c1-16(2)11-8-9-17(3,10-11)14(16)19-12-4-6-13(7-5-12)20-15(18)21/h4-7,11,14,19H,8-10H2,1-3H3,(H3,18,20,21). The Hall–Kier alpha value is -1.71. The lowest BCUT2D eigenvalue weighted by Gasteiger charge is -2.43. The highest BCUT2D eigenvalue weighted by molar-refractivity contribution is 5.87. The number of carbonyl (C=O) groups is 1. The van der Waals surface area contributed by atoms with Crippen LogP contribution in [0.25, 0.3) is 0 Å². The van der Waals surface area contributed by atoms with Crippen molar-refractivity contribution in [3.05, 3.63) is 24.3 Å². The molecule has 2 saturated carbocycles. The predicted octanol–water partition coefficient (Wildman–Crippen LogP) is 3.80. The van der Waals surface area contributed by atoms with Gasteiger partial charge in [0, 0.05) is 17.4 Å². The molecule has 2 aliphatic carbocycles. The first-order chi connectivity index (χ1) is 9.81. The van der Waals surface area contributed by atoms with Crippen LogP contribution in [0.4, 0.5) is 16.2 Å². The Morgan fingerprint density at radius 1 is 1.19 bits per heavy atom. The molecule has 1 aromatic rings. The second-order valence-electron chi connectivity index (χ2n) is 7.56. The van der Waals surface area contributed by atoms with Crippen molar-refractivity contribution < 1.29 is 4.79 Å². The molecular formula is C17H25N3O. The van der Waals surface area contributed by atoms with E-state index in [1.165, 1.54) is 19.3 Å². The first-order valence-electron chi connectivity index (χ1n) is 7.74. The highest BCUT2D eigenvalue weighted by Gasteiger charge is 2.59. The highest BCUT2D eigenvalue weighted by Crippen LogP contribution is 2.63.